The Morgan fingerprint density at radius 2 is 1.96 bits per heavy atom. The molecule has 1 aliphatic heterocycles. The predicted molar refractivity (Wildman–Crippen MR) is 89.1 cm³/mol. The molecule has 0 aliphatic carbocycles. The highest BCUT2D eigenvalue weighted by Crippen LogP contribution is 2.17. The van der Waals surface area contributed by atoms with Crippen molar-refractivity contribution in [3.63, 3.8) is 0 Å². The van der Waals surface area contributed by atoms with Gasteiger partial charge in [0, 0.05) is 19.6 Å². The van der Waals surface area contributed by atoms with Gasteiger partial charge in [0.1, 0.15) is 12.2 Å². The van der Waals surface area contributed by atoms with Crippen molar-refractivity contribution >= 4 is 11.8 Å². The summed E-state index contributed by atoms with van der Waals surface area (Å²) in [4.78, 5) is 25.2. The summed E-state index contributed by atoms with van der Waals surface area (Å²) in [6.07, 6.45) is 1.99. The number of rotatable bonds is 7. The molecule has 0 bridgehead atoms. The number of hydrogen-bond acceptors (Lipinski definition) is 4. The van der Waals surface area contributed by atoms with Crippen molar-refractivity contribution in [3.8, 4) is 11.8 Å². The summed E-state index contributed by atoms with van der Waals surface area (Å²) >= 11 is 0. The normalized spacial score (nSPS) is 14.7. The Morgan fingerprint density at radius 1 is 1.25 bits per heavy atom. The van der Waals surface area contributed by atoms with Crippen molar-refractivity contribution in [1.82, 2.24) is 10.2 Å². The molecule has 1 aromatic carbocycles. The van der Waals surface area contributed by atoms with E-state index in [1.807, 2.05) is 36.4 Å². The molecule has 1 aromatic rings. The summed E-state index contributed by atoms with van der Waals surface area (Å²) in [6, 6.07) is 11.3. The van der Waals surface area contributed by atoms with Crippen LogP contribution in [0.1, 0.15) is 25.7 Å². The lowest BCUT2D eigenvalue weighted by atomic mass is 9.96. The summed E-state index contributed by atoms with van der Waals surface area (Å²) in [6.45, 7) is 2.32. The van der Waals surface area contributed by atoms with Gasteiger partial charge in [-0.3, -0.25) is 9.59 Å². The molecule has 0 atom stereocenters. The number of benzene rings is 1. The number of nitrogens with zero attached hydrogens (tertiary/aromatic N) is 2. The van der Waals surface area contributed by atoms with Crippen LogP contribution in [0.25, 0.3) is 0 Å². The van der Waals surface area contributed by atoms with Gasteiger partial charge < -0.3 is 15.0 Å². The van der Waals surface area contributed by atoms with Crippen LogP contribution in [0.15, 0.2) is 30.3 Å². The molecule has 24 heavy (non-hydrogen) atoms. The largest absolute Gasteiger partial charge is 0.493 e. The minimum Gasteiger partial charge on any atom is -0.493 e. The Kier molecular flexibility index (Phi) is 7.09. The molecule has 1 saturated heterocycles. The number of nitriles is 1. The Bertz CT molecular complexity index is 575. The third-order valence-corrected chi connectivity index (χ3v) is 4.13. The third-order valence-electron chi connectivity index (χ3n) is 4.13. The molecule has 128 valence electrons. The van der Waals surface area contributed by atoms with E-state index in [2.05, 4.69) is 5.32 Å². The Morgan fingerprint density at radius 3 is 2.62 bits per heavy atom. The molecule has 1 N–H and O–H groups in total. The van der Waals surface area contributed by atoms with Gasteiger partial charge in [-0.2, -0.15) is 5.26 Å². The molecule has 1 aliphatic rings. The lowest BCUT2D eigenvalue weighted by molar-refractivity contribution is -0.131. The van der Waals surface area contributed by atoms with Gasteiger partial charge in [-0.25, -0.2) is 0 Å². The molecule has 0 spiro atoms. The first-order valence-electron chi connectivity index (χ1n) is 8.28. The van der Waals surface area contributed by atoms with E-state index in [4.69, 9.17) is 10.00 Å². The summed E-state index contributed by atoms with van der Waals surface area (Å²) in [7, 11) is 0. The van der Waals surface area contributed by atoms with Crippen LogP contribution in [0.4, 0.5) is 0 Å². The van der Waals surface area contributed by atoms with Gasteiger partial charge in [0.25, 0.3) is 0 Å². The molecule has 6 nitrogen and oxygen atoms in total. The first kappa shape index (κ1) is 17.8. The van der Waals surface area contributed by atoms with Crippen LogP contribution in [0.3, 0.4) is 0 Å². The van der Waals surface area contributed by atoms with Crippen LogP contribution in [0.2, 0.25) is 0 Å². The molecule has 1 fully saturated rings. The molecule has 0 radical (unpaired) electrons. The average molecular weight is 329 g/mol. The second-order valence-corrected chi connectivity index (χ2v) is 5.87. The number of para-hydroxylation sites is 1. The number of hydrogen-bond donors (Lipinski definition) is 1. The van der Waals surface area contributed by atoms with Crippen LogP contribution in [0.5, 0.6) is 5.75 Å². The highest BCUT2D eigenvalue weighted by Gasteiger charge is 2.22. The maximum Gasteiger partial charge on any atom is 0.236 e. The quantitative estimate of drug-likeness (QED) is 0.826. The van der Waals surface area contributed by atoms with Gasteiger partial charge in [0.2, 0.25) is 11.8 Å². The number of piperidine rings is 1. The molecule has 6 heteroatoms. The SMILES string of the molecule is N#CCC(=O)N1CCC(CNC(=O)CCOc2ccccc2)CC1. The number of amides is 2. The van der Waals surface area contributed by atoms with E-state index in [-0.39, 0.29) is 18.2 Å². The van der Waals surface area contributed by atoms with Gasteiger partial charge in [-0.05, 0) is 30.9 Å². The van der Waals surface area contributed by atoms with Crippen LogP contribution in [-0.2, 0) is 9.59 Å². The molecule has 0 unspecified atom stereocenters. The number of ether oxygens (including phenoxy) is 1. The van der Waals surface area contributed by atoms with E-state index in [1.165, 1.54) is 0 Å². The third kappa shape index (κ3) is 5.92. The Labute approximate surface area is 142 Å². The predicted octanol–water partition coefficient (Wildman–Crippen LogP) is 1.72. The highest BCUT2D eigenvalue weighted by molar-refractivity contribution is 5.78. The maximum absolute atomic E-state index is 11.8. The smallest absolute Gasteiger partial charge is 0.236 e. The van der Waals surface area contributed by atoms with Crippen LogP contribution < -0.4 is 10.1 Å². The molecule has 2 rings (SSSR count). The highest BCUT2D eigenvalue weighted by atomic mass is 16.5. The minimum atomic E-state index is -0.0990. The lowest BCUT2D eigenvalue weighted by Gasteiger charge is -2.31. The van der Waals surface area contributed by atoms with Gasteiger partial charge >= 0.3 is 0 Å². The van der Waals surface area contributed by atoms with Crippen LogP contribution >= 0.6 is 0 Å². The average Bonchev–Trinajstić information content (AvgIpc) is 2.61. The van der Waals surface area contributed by atoms with Gasteiger partial charge in [0.05, 0.1) is 19.1 Å². The molecular weight excluding hydrogens is 306 g/mol. The molecule has 2 amide bonds. The molecule has 1 heterocycles. The van der Waals surface area contributed by atoms with E-state index < -0.39 is 0 Å². The van der Waals surface area contributed by atoms with Crippen LogP contribution in [0, 0.1) is 17.2 Å². The fraction of sp³-hybridized carbons (Fsp3) is 0.500. The first-order valence-corrected chi connectivity index (χ1v) is 8.28. The fourth-order valence-electron chi connectivity index (χ4n) is 2.69. The summed E-state index contributed by atoms with van der Waals surface area (Å²) in [5.74, 6) is 1.03. The summed E-state index contributed by atoms with van der Waals surface area (Å²) in [5.41, 5.74) is 0. The van der Waals surface area contributed by atoms with Crippen molar-refractivity contribution in [3.05, 3.63) is 30.3 Å². The van der Waals surface area contributed by atoms with Crippen LogP contribution in [-0.4, -0.2) is 43.0 Å². The van der Waals surface area contributed by atoms with Crippen molar-refractivity contribution < 1.29 is 14.3 Å². The number of nitrogens with one attached hydrogen (secondary N) is 1. The van der Waals surface area contributed by atoms with E-state index in [0.717, 1.165) is 18.6 Å². The number of carbonyl (C=O) groups is 2. The first-order chi connectivity index (χ1) is 11.7. The zero-order chi connectivity index (χ0) is 17.2. The molecular formula is C18H23N3O3. The standard InChI is InChI=1S/C18H23N3O3/c19-10-6-18(23)21-11-7-15(8-12-21)14-20-17(22)9-13-24-16-4-2-1-3-5-16/h1-5,15H,6-9,11-14H2,(H,20,22). The number of likely N-dealkylation sites (tertiary alicyclic amines) is 1. The van der Waals surface area contributed by atoms with E-state index >= 15 is 0 Å². The lowest BCUT2D eigenvalue weighted by Crippen LogP contribution is -2.41. The van der Waals surface area contributed by atoms with Crippen molar-refractivity contribution in [2.24, 2.45) is 5.92 Å². The fourth-order valence-corrected chi connectivity index (χ4v) is 2.69. The zero-order valence-electron chi connectivity index (χ0n) is 13.7. The zero-order valence-corrected chi connectivity index (χ0v) is 13.7. The Balaban J connectivity index is 1.58. The topological polar surface area (TPSA) is 82.4 Å². The summed E-state index contributed by atoms with van der Waals surface area (Å²) < 4.78 is 5.50. The molecule has 0 aromatic heterocycles. The van der Waals surface area contributed by atoms with Crippen molar-refractivity contribution in [1.29, 1.82) is 5.26 Å². The second kappa shape index (κ2) is 9.56. The van der Waals surface area contributed by atoms with E-state index in [1.54, 1.807) is 4.90 Å². The van der Waals surface area contributed by atoms with Gasteiger partial charge in [0.15, 0.2) is 0 Å². The second-order valence-electron chi connectivity index (χ2n) is 5.87. The monoisotopic (exact) mass is 329 g/mol. The van der Waals surface area contributed by atoms with Gasteiger partial charge in [-0.1, -0.05) is 18.2 Å². The van der Waals surface area contributed by atoms with E-state index in [0.29, 0.717) is 38.6 Å². The van der Waals surface area contributed by atoms with Crippen molar-refractivity contribution in [2.75, 3.05) is 26.2 Å². The molecule has 0 saturated carbocycles. The summed E-state index contributed by atoms with van der Waals surface area (Å²) in [5, 5.41) is 11.5. The van der Waals surface area contributed by atoms with E-state index in [9.17, 15) is 9.59 Å². The minimum absolute atomic E-state index is 0.0195. The maximum atomic E-state index is 11.8. The van der Waals surface area contributed by atoms with Gasteiger partial charge in [-0.15, -0.1) is 0 Å². The Hall–Kier alpha value is -2.55. The number of carbonyl (C=O) groups excluding carboxylic acids is 2. The van der Waals surface area contributed by atoms with Crippen molar-refractivity contribution in [2.45, 2.75) is 25.7 Å².